The predicted molar refractivity (Wildman–Crippen MR) is 68.6 cm³/mol. The van der Waals surface area contributed by atoms with Crippen LogP contribution < -0.4 is 0 Å². The molecule has 1 fully saturated rings. The fourth-order valence-corrected chi connectivity index (χ4v) is 3.31. The Morgan fingerprint density at radius 1 is 1.44 bits per heavy atom. The molecule has 1 aliphatic rings. The van der Waals surface area contributed by atoms with E-state index in [1.54, 1.807) is 6.20 Å². The average molecular weight is 237 g/mol. The smallest absolute Gasteiger partial charge is 0.0807 e. The van der Waals surface area contributed by atoms with Crippen LogP contribution in [0.5, 0.6) is 0 Å². The molecule has 2 rings (SSSR count). The fourth-order valence-electron chi connectivity index (χ4n) is 2.11. The van der Waals surface area contributed by atoms with E-state index in [0.29, 0.717) is 5.92 Å². The van der Waals surface area contributed by atoms with Gasteiger partial charge in [-0.25, -0.2) is 0 Å². The van der Waals surface area contributed by atoms with Gasteiger partial charge >= 0.3 is 0 Å². The van der Waals surface area contributed by atoms with Gasteiger partial charge in [-0.1, -0.05) is 6.07 Å². The second-order valence-electron chi connectivity index (χ2n) is 4.54. The molecule has 16 heavy (non-hydrogen) atoms. The van der Waals surface area contributed by atoms with E-state index in [-0.39, 0.29) is 6.10 Å². The van der Waals surface area contributed by atoms with Crippen molar-refractivity contribution >= 4 is 11.8 Å². The van der Waals surface area contributed by atoms with Gasteiger partial charge in [0.05, 0.1) is 6.10 Å². The fraction of sp³-hybridized carbons (Fsp3) is 0.615. The van der Waals surface area contributed by atoms with E-state index in [4.69, 9.17) is 0 Å². The van der Waals surface area contributed by atoms with Gasteiger partial charge in [-0.15, -0.1) is 0 Å². The van der Waals surface area contributed by atoms with Gasteiger partial charge in [-0.3, -0.25) is 4.98 Å². The molecule has 2 nitrogen and oxygen atoms in total. The number of nitrogens with zero attached hydrogens (tertiary/aromatic N) is 1. The van der Waals surface area contributed by atoms with Crippen LogP contribution >= 0.6 is 11.8 Å². The summed E-state index contributed by atoms with van der Waals surface area (Å²) in [6.45, 7) is 1.97. The van der Waals surface area contributed by atoms with Crippen LogP contribution in [-0.4, -0.2) is 21.6 Å². The third-order valence-corrected chi connectivity index (χ3v) is 4.27. The van der Waals surface area contributed by atoms with Crippen molar-refractivity contribution in [3.8, 4) is 0 Å². The molecule has 2 heterocycles. The van der Waals surface area contributed by atoms with Crippen LogP contribution in [0, 0.1) is 12.8 Å². The second kappa shape index (κ2) is 5.69. The van der Waals surface area contributed by atoms with Crippen molar-refractivity contribution in [3.05, 3.63) is 29.6 Å². The van der Waals surface area contributed by atoms with Gasteiger partial charge in [0.2, 0.25) is 0 Å². The maximum absolute atomic E-state index is 10.1. The second-order valence-corrected chi connectivity index (χ2v) is 5.76. The maximum atomic E-state index is 10.1. The largest absolute Gasteiger partial charge is 0.388 e. The van der Waals surface area contributed by atoms with E-state index in [1.807, 2.05) is 30.8 Å². The topological polar surface area (TPSA) is 33.1 Å². The van der Waals surface area contributed by atoms with E-state index in [9.17, 15) is 5.11 Å². The Bertz CT molecular complexity index is 319. The molecule has 88 valence electrons. The van der Waals surface area contributed by atoms with Crippen molar-refractivity contribution in [1.82, 2.24) is 4.98 Å². The highest BCUT2D eigenvalue weighted by Gasteiger charge is 2.18. The summed E-state index contributed by atoms with van der Waals surface area (Å²) in [5, 5.41) is 10.1. The lowest BCUT2D eigenvalue weighted by Gasteiger charge is -2.23. The van der Waals surface area contributed by atoms with E-state index in [2.05, 4.69) is 4.98 Å². The van der Waals surface area contributed by atoms with Crippen molar-refractivity contribution in [3.63, 3.8) is 0 Å². The summed E-state index contributed by atoms with van der Waals surface area (Å²) in [6, 6.07) is 3.96. The quantitative estimate of drug-likeness (QED) is 0.877. The predicted octanol–water partition coefficient (Wildman–Crippen LogP) is 2.96. The number of hydrogen-bond acceptors (Lipinski definition) is 3. The SMILES string of the molecule is Cc1ccc(C(O)CC2CCSCC2)cn1. The number of aliphatic hydroxyl groups is 1. The van der Waals surface area contributed by atoms with Gasteiger partial charge in [0.15, 0.2) is 0 Å². The van der Waals surface area contributed by atoms with Gasteiger partial charge < -0.3 is 5.11 Å². The summed E-state index contributed by atoms with van der Waals surface area (Å²) in [6.07, 6.45) is 4.87. The summed E-state index contributed by atoms with van der Waals surface area (Å²) in [5.74, 6) is 3.20. The first-order valence-corrected chi connectivity index (χ1v) is 7.09. The summed E-state index contributed by atoms with van der Waals surface area (Å²) >= 11 is 2.03. The molecule has 1 N–H and O–H groups in total. The van der Waals surface area contributed by atoms with Gasteiger partial charge in [0.25, 0.3) is 0 Å². The molecule has 0 bridgehead atoms. The Hall–Kier alpha value is -0.540. The summed E-state index contributed by atoms with van der Waals surface area (Å²) < 4.78 is 0. The Kier molecular flexibility index (Phi) is 4.24. The zero-order valence-electron chi connectivity index (χ0n) is 9.72. The zero-order valence-corrected chi connectivity index (χ0v) is 10.5. The Morgan fingerprint density at radius 2 is 2.19 bits per heavy atom. The Labute approximate surface area is 101 Å². The van der Waals surface area contributed by atoms with Crippen LogP contribution in [0.3, 0.4) is 0 Å². The molecule has 0 saturated carbocycles. The minimum absolute atomic E-state index is 0.332. The molecule has 1 aromatic rings. The molecular formula is C13H19NOS. The van der Waals surface area contributed by atoms with Crippen molar-refractivity contribution in [2.45, 2.75) is 32.3 Å². The van der Waals surface area contributed by atoms with Crippen molar-refractivity contribution in [2.24, 2.45) is 5.92 Å². The van der Waals surface area contributed by atoms with Gasteiger partial charge in [0, 0.05) is 11.9 Å². The first-order chi connectivity index (χ1) is 7.75. The highest BCUT2D eigenvalue weighted by atomic mass is 32.2. The van der Waals surface area contributed by atoms with E-state index < -0.39 is 0 Å². The normalized spacial score (nSPS) is 19.6. The van der Waals surface area contributed by atoms with Crippen LogP contribution in [0.4, 0.5) is 0 Å². The molecule has 0 radical (unpaired) electrons. The van der Waals surface area contributed by atoms with E-state index >= 15 is 0 Å². The molecule has 0 aliphatic carbocycles. The molecule has 1 aromatic heterocycles. The first kappa shape index (κ1) is 11.9. The number of hydrogen-bond donors (Lipinski definition) is 1. The molecule has 0 amide bonds. The van der Waals surface area contributed by atoms with E-state index in [0.717, 1.165) is 17.7 Å². The lowest BCUT2D eigenvalue weighted by molar-refractivity contribution is 0.140. The minimum Gasteiger partial charge on any atom is -0.388 e. The van der Waals surface area contributed by atoms with Crippen molar-refractivity contribution in [1.29, 1.82) is 0 Å². The van der Waals surface area contributed by atoms with Gasteiger partial charge in [0.1, 0.15) is 0 Å². The third kappa shape index (κ3) is 3.22. The number of thioether (sulfide) groups is 1. The van der Waals surface area contributed by atoms with Crippen LogP contribution in [0.25, 0.3) is 0 Å². The van der Waals surface area contributed by atoms with Crippen LogP contribution in [0.15, 0.2) is 18.3 Å². The zero-order chi connectivity index (χ0) is 11.4. The minimum atomic E-state index is -0.332. The molecule has 1 saturated heterocycles. The lowest BCUT2D eigenvalue weighted by atomic mass is 9.93. The summed E-state index contributed by atoms with van der Waals surface area (Å²) in [7, 11) is 0. The number of aryl methyl sites for hydroxylation is 1. The highest BCUT2D eigenvalue weighted by Crippen LogP contribution is 2.30. The Balaban J connectivity index is 1.91. The number of pyridine rings is 1. The van der Waals surface area contributed by atoms with Gasteiger partial charge in [-0.05, 0) is 55.2 Å². The maximum Gasteiger partial charge on any atom is 0.0807 e. The summed E-state index contributed by atoms with van der Waals surface area (Å²) in [5.41, 5.74) is 1.97. The number of aliphatic hydroxyl groups excluding tert-OH is 1. The molecule has 0 spiro atoms. The monoisotopic (exact) mass is 237 g/mol. The highest BCUT2D eigenvalue weighted by molar-refractivity contribution is 7.99. The Morgan fingerprint density at radius 3 is 2.81 bits per heavy atom. The molecule has 1 atom stereocenters. The number of aromatic nitrogens is 1. The molecule has 1 unspecified atom stereocenters. The average Bonchev–Trinajstić information content (AvgIpc) is 2.31. The van der Waals surface area contributed by atoms with Crippen molar-refractivity contribution in [2.75, 3.05) is 11.5 Å². The molecular weight excluding hydrogens is 218 g/mol. The molecule has 0 aromatic carbocycles. The first-order valence-electron chi connectivity index (χ1n) is 5.94. The van der Waals surface area contributed by atoms with Crippen molar-refractivity contribution < 1.29 is 5.11 Å². The number of rotatable bonds is 3. The standard InChI is InChI=1S/C13H19NOS/c1-10-2-3-12(9-14-10)13(15)8-11-4-6-16-7-5-11/h2-3,9,11,13,15H,4-8H2,1H3. The molecule has 1 aliphatic heterocycles. The summed E-state index contributed by atoms with van der Waals surface area (Å²) in [4.78, 5) is 4.23. The van der Waals surface area contributed by atoms with Gasteiger partial charge in [-0.2, -0.15) is 11.8 Å². The third-order valence-electron chi connectivity index (χ3n) is 3.22. The van der Waals surface area contributed by atoms with Crippen LogP contribution in [0.2, 0.25) is 0 Å². The van der Waals surface area contributed by atoms with Crippen LogP contribution in [-0.2, 0) is 0 Å². The lowest BCUT2D eigenvalue weighted by Crippen LogP contribution is -2.13. The van der Waals surface area contributed by atoms with E-state index in [1.165, 1.54) is 24.3 Å². The van der Waals surface area contributed by atoms with Crippen LogP contribution in [0.1, 0.15) is 36.6 Å². The molecule has 3 heteroatoms.